The number of nitrogens with zero attached hydrogens (tertiary/aromatic N) is 3. The fourth-order valence-electron chi connectivity index (χ4n) is 4.10. The van der Waals surface area contributed by atoms with Gasteiger partial charge in [0.05, 0.1) is 5.69 Å². The van der Waals surface area contributed by atoms with Crippen LogP contribution in [0.3, 0.4) is 0 Å². The van der Waals surface area contributed by atoms with Gasteiger partial charge in [-0.15, -0.1) is 0 Å². The van der Waals surface area contributed by atoms with Crippen LogP contribution in [-0.4, -0.2) is 53.4 Å². The van der Waals surface area contributed by atoms with Gasteiger partial charge in [-0.05, 0) is 23.8 Å². The molecule has 3 aromatic rings. The number of piperazine rings is 1. The van der Waals surface area contributed by atoms with E-state index >= 15 is 0 Å². The van der Waals surface area contributed by atoms with Crippen LogP contribution >= 0.6 is 0 Å². The molecule has 4 rings (SSSR count). The lowest BCUT2D eigenvalue weighted by atomic mass is 10.1. The Bertz CT molecular complexity index is 997. The van der Waals surface area contributed by atoms with Gasteiger partial charge in [0.1, 0.15) is 18.4 Å². The van der Waals surface area contributed by atoms with E-state index in [0.717, 1.165) is 36.6 Å². The molecule has 0 spiro atoms. The first-order valence-corrected chi connectivity index (χ1v) is 11.1. The van der Waals surface area contributed by atoms with Crippen molar-refractivity contribution in [2.45, 2.75) is 25.7 Å². The van der Waals surface area contributed by atoms with Crippen LogP contribution in [-0.2, 0) is 24.5 Å². The molecule has 0 bridgehead atoms. The van der Waals surface area contributed by atoms with Crippen molar-refractivity contribution in [1.29, 1.82) is 0 Å². The van der Waals surface area contributed by atoms with Crippen LogP contribution in [0.25, 0.3) is 0 Å². The molecule has 0 saturated carbocycles. The quantitative estimate of drug-likeness (QED) is 0.595. The van der Waals surface area contributed by atoms with E-state index < -0.39 is 0 Å². The Labute approximate surface area is 189 Å². The number of pyridine rings is 1. The third kappa shape index (κ3) is 5.72. The van der Waals surface area contributed by atoms with Gasteiger partial charge in [0, 0.05) is 51.5 Å². The average Bonchev–Trinajstić information content (AvgIpc) is 2.85. The largest absolute Gasteiger partial charge is 0.487 e. The number of aromatic nitrogens is 1. The summed E-state index contributed by atoms with van der Waals surface area (Å²) in [6, 6.07) is 24.1. The van der Waals surface area contributed by atoms with Gasteiger partial charge in [-0.25, -0.2) is 0 Å². The highest BCUT2D eigenvalue weighted by molar-refractivity contribution is 5.81. The van der Waals surface area contributed by atoms with Crippen LogP contribution in [0.1, 0.15) is 16.8 Å². The molecule has 0 aliphatic carbocycles. The fourth-order valence-corrected chi connectivity index (χ4v) is 4.10. The van der Waals surface area contributed by atoms with Crippen molar-refractivity contribution < 1.29 is 9.53 Å². The number of carbonyl (C=O) groups excluding carboxylic acids is 1. The summed E-state index contributed by atoms with van der Waals surface area (Å²) >= 11 is 0. The predicted octanol–water partition coefficient (Wildman–Crippen LogP) is 3.09. The normalized spacial score (nSPS) is 17.1. The Balaban J connectivity index is 1.44. The summed E-state index contributed by atoms with van der Waals surface area (Å²) < 4.78 is 6.09. The molecule has 1 atom stereocenters. The monoisotopic (exact) mass is 430 g/mol. The summed E-state index contributed by atoms with van der Waals surface area (Å²) in [5.41, 5.74) is 3.23. The molecule has 6 heteroatoms. The van der Waals surface area contributed by atoms with E-state index in [9.17, 15) is 4.79 Å². The van der Waals surface area contributed by atoms with Crippen molar-refractivity contribution in [2.75, 3.05) is 26.7 Å². The topological polar surface area (TPSA) is 57.7 Å². The maximum atomic E-state index is 12.7. The van der Waals surface area contributed by atoms with Gasteiger partial charge < -0.3 is 10.1 Å². The van der Waals surface area contributed by atoms with E-state index in [1.807, 2.05) is 42.5 Å². The number of amides is 1. The molecular formula is C26H30N4O2. The van der Waals surface area contributed by atoms with E-state index in [0.29, 0.717) is 19.7 Å². The van der Waals surface area contributed by atoms with Crippen LogP contribution in [0.15, 0.2) is 79.0 Å². The molecular weight excluding hydrogens is 400 g/mol. The van der Waals surface area contributed by atoms with Gasteiger partial charge in [-0.2, -0.15) is 0 Å². The summed E-state index contributed by atoms with van der Waals surface area (Å²) in [5, 5.41) is 2.85. The van der Waals surface area contributed by atoms with Gasteiger partial charge in [-0.1, -0.05) is 54.6 Å². The van der Waals surface area contributed by atoms with Gasteiger partial charge in [-0.3, -0.25) is 19.6 Å². The predicted molar refractivity (Wildman–Crippen MR) is 125 cm³/mol. The van der Waals surface area contributed by atoms with Gasteiger partial charge in [0.25, 0.3) is 0 Å². The number of carbonyl (C=O) groups is 1. The Morgan fingerprint density at radius 2 is 1.78 bits per heavy atom. The number of benzene rings is 2. The molecule has 1 amide bonds. The smallest absolute Gasteiger partial charge is 0.238 e. The zero-order valence-corrected chi connectivity index (χ0v) is 18.5. The van der Waals surface area contributed by atoms with Crippen molar-refractivity contribution in [1.82, 2.24) is 20.1 Å². The lowest BCUT2D eigenvalue weighted by Gasteiger charge is -2.40. The molecule has 1 aliphatic heterocycles. The first-order valence-electron chi connectivity index (χ1n) is 11.1. The van der Waals surface area contributed by atoms with E-state index in [4.69, 9.17) is 4.74 Å². The standard InChI is InChI=1S/C26H30N4O2/c1-27-26(31)24-19-29(17-21-9-3-2-4-10-21)15-16-30(24)18-22-11-5-6-13-25(22)32-20-23-12-7-8-14-28-23/h2-14,24H,15-20H2,1H3,(H,27,31)/t24-/m0/s1. The lowest BCUT2D eigenvalue weighted by molar-refractivity contribution is -0.128. The number of ether oxygens (including phenoxy) is 1. The van der Waals surface area contributed by atoms with Crippen molar-refractivity contribution in [3.63, 3.8) is 0 Å². The Kier molecular flexibility index (Phi) is 7.48. The summed E-state index contributed by atoms with van der Waals surface area (Å²) in [6.45, 7) is 4.37. The Morgan fingerprint density at radius 3 is 2.56 bits per heavy atom. The second-order valence-corrected chi connectivity index (χ2v) is 8.04. The van der Waals surface area contributed by atoms with Crippen molar-refractivity contribution >= 4 is 5.91 Å². The summed E-state index contributed by atoms with van der Waals surface area (Å²) in [4.78, 5) is 21.7. The number of hydrogen-bond acceptors (Lipinski definition) is 5. The molecule has 1 fully saturated rings. The first-order chi connectivity index (χ1) is 15.7. The molecule has 6 nitrogen and oxygen atoms in total. The van der Waals surface area contributed by atoms with Crippen LogP contribution in [0.5, 0.6) is 5.75 Å². The van der Waals surface area contributed by atoms with Gasteiger partial charge in [0.15, 0.2) is 0 Å². The highest BCUT2D eigenvalue weighted by atomic mass is 16.5. The summed E-state index contributed by atoms with van der Waals surface area (Å²) in [7, 11) is 1.71. The molecule has 1 aromatic heterocycles. The zero-order valence-electron chi connectivity index (χ0n) is 18.5. The zero-order chi connectivity index (χ0) is 22.2. The fraction of sp³-hybridized carbons (Fsp3) is 0.308. The summed E-state index contributed by atoms with van der Waals surface area (Å²) in [6.07, 6.45) is 1.77. The number of para-hydroxylation sites is 1. The summed E-state index contributed by atoms with van der Waals surface area (Å²) in [5.74, 6) is 0.884. The molecule has 1 saturated heterocycles. The van der Waals surface area contributed by atoms with E-state index in [-0.39, 0.29) is 11.9 Å². The highest BCUT2D eigenvalue weighted by Crippen LogP contribution is 2.24. The molecule has 166 valence electrons. The van der Waals surface area contributed by atoms with Gasteiger partial charge >= 0.3 is 0 Å². The van der Waals surface area contributed by atoms with E-state index in [2.05, 4.69) is 50.4 Å². The van der Waals surface area contributed by atoms with Crippen LogP contribution < -0.4 is 10.1 Å². The van der Waals surface area contributed by atoms with Crippen LogP contribution in [0.2, 0.25) is 0 Å². The number of hydrogen-bond donors (Lipinski definition) is 1. The first kappa shape index (κ1) is 22.0. The molecule has 0 unspecified atom stereocenters. The highest BCUT2D eigenvalue weighted by Gasteiger charge is 2.32. The molecule has 1 N–H and O–H groups in total. The molecule has 0 radical (unpaired) electrons. The Morgan fingerprint density at radius 1 is 1.00 bits per heavy atom. The molecule has 1 aliphatic rings. The Hall–Kier alpha value is -3.22. The lowest BCUT2D eigenvalue weighted by Crippen LogP contribution is -2.57. The SMILES string of the molecule is CNC(=O)[C@@H]1CN(Cc2ccccc2)CCN1Cc1ccccc1OCc1ccccn1. The molecule has 32 heavy (non-hydrogen) atoms. The number of nitrogens with one attached hydrogen (secondary N) is 1. The molecule has 2 aromatic carbocycles. The third-order valence-corrected chi connectivity index (χ3v) is 5.82. The van der Waals surface area contributed by atoms with Crippen molar-refractivity contribution in [3.8, 4) is 5.75 Å². The minimum atomic E-state index is -0.207. The number of likely N-dealkylation sites (N-methyl/N-ethyl adjacent to an activating group) is 1. The van der Waals surface area contributed by atoms with E-state index in [1.165, 1.54) is 5.56 Å². The van der Waals surface area contributed by atoms with Crippen molar-refractivity contribution in [3.05, 3.63) is 95.8 Å². The van der Waals surface area contributed by atoms with Gasteiger partial charge in [0.2, 0.25) is 5.91 Å². The average molecular weight is 431 g/mol. The maximum Gasteiger partial charge on any atom is 0.238 e. The third-order valence-electron chi connectivity index (χ3n) is 5.82. The molecule has 2 heterocycles. The minimum Gasteiger partial charge on any atom is -0.487 e. The van der Waals surface area contributed by atoms with E-state index in [1.54, 1.807) is 13.2 Å². The second kappa shape index (κ2) is 10.9. The second-order valence-electron chi connectivity index (χ2n) is 8.04. The number of rotatable bonds is 8. The minimum absolute atomic E-state index is 0.0506. The van der Waals surface area contributed by atoms with Crippen molar-refractivity contribution in [2.24, 2.45) is 0 Å². The van der Waals surface area contributed by atoms with Crippen LogP contribution in [0, 0.1) is 0 Å². The maximum absolute atomic E-state index is 12.7. The van der Waals surface area contributed by atoms with Crippen LogP contribution in [0.4, 0.5) is 0 Å².